The maximum Gasteiger partial charge on any atom is 0.138 e. The molecule has 0 amide bonds. The van der Waals surface area contributed by atoms with Crippen molar-refractivity contribution in [2.45, 2.75) is 13.0 Å². The second kappa shape index (κ2) is 6.23. The van der Waals surface area contributed by atoms with Gasteiger partial charge in [-0.3, -0.25) is 0 Å². The van der Waals surface area contributed by atoms with Crippen molar-refractivity contribution < 1.29 is 9.84 Å². The fourth-order valence-corrected chi connectivity index (χ4v) is 2.82. The molecule has 0 aliphatic rings. The Morgan fingerprint density at radius 3 is 2.30 bits per heavy atom. The van der Waals surface area contributed by atoms with Gasteiger partial charge < -0.3 is 9.84 Å². The number of rotatable bonds is 3. The lowest BCUT2D eigenvalue weighted by molar-refractivity contribution is 0.220. The van der Waals surface area contributed by atoms with Gasteiger partial charge in [0.25, 0.3) is 0 Å². The number of aryl methyl sites for hydroxylation is 1. The van der Waals surface area contributed by atoms with E-state index in [2.05, 4.69) is 0 Å². The molecule has 2 aromatic rings. The van der Waals surface area contributed by atoms with E-state index in [4.69, 9.17) is 39.5 Å². The number of benzene rings is 2. The van der Waals surface area contributed by atoms with E-state index in [1.54, 1.807) is 18.2 Å². The molecule has 106 valence electrons. The molecule has 0 aromatic heterocycles. The zero-order valence-electron chi connectivity index (χ0n) is 11.0. The summed E-state index contributed by atoms with van der Waals surface area (Å²) in [6.45, 7) is 1.91. The highest BCUT2D eigenvalue weighted by molar-refractivity contribution is 6.34. The van der Waals surface area contributed by atoms with Crippen LogP contribution in [0.4, 0.5) is 0 Å². The molecule has 2 rings (SSSR count). The van der Waals surface area contributed by atoms with Gasteiger partial charge in [-0.05, 0) is 36.2 Å². The van der Waals surface area contributed by atoms with E-state index in [1.165, 1.54) is 7.11 Å². The lowest BCUT2D eigenvalue weighted by Gasteiger charge is -2.16. The minimum Gasteiger partial charge on any atom is -0.495 e. The molecule has 0 aliphatic carbocycles. The Morgan fingerprint density at radius 2 is 1.70 bits per heavy atom. The van der Waals surface area contributed by atoms with Crippen LogP contribution >= 0.6 is 34.8 Å². The maximum absolute atomic E-state index is 10.5. The molecule has 0 aliphatic heterocycles. The van der Waals surface area contributed by atoms with Gasteiger partial charge in [0.1, 0.15) is 11.9 Å². The van der Waals surface area contributed by atoms with Crippen molar-refractivity contribution in [1.82, 2.24) is 0 Å². The molecular formula is C15H13Cl3O2. The zero-order valence-corrected chi connectivity index (χ0v) is 13.2. The predicted molar refractivity (Wildman–Crippen MR) is 83.3 cm³/mol. The molecule has 0 bridgehead atoms. The highest BCUT2D eigenvalue weighted by atomic mass is 35.5. The molecule has 1 N–H and O–H groups in total. The Labute approximate surface area is 132 Å². The number of hydrogen-bond donors (Lipinski definition) is 1. The van der Waals surface area contributed by atoms with E-state index in [9.17, 15) is 5.11 Å². The Bertz CT molecular complexity index is 621. The van der Waals surface area contributed by atoms with Crippen LogP contribution in [0.1, 0.15) is 22.8 Å². The third kappa shape index (κ3) is 3.21. The summed E-state index contributed by atoms with van der Waals surface area (Å²) >= 11 is 18.3. The molecule has 20 heavy (non-hydrogen) atoms. The van der Waals surface area contributed by atoms with Crippen molar-refractivity contribution in [1.29, 1.82) is 0 Å². The summed E-state index contributed by atoms with van der Waals surface area (Å²) in [6.07, 6.45) is -0.900. The van der Waals surface area contributed by atoms with E-state index in [0.29, 0.717) is 31.9 Å². The summed E-state index contributed by atoms with van der Waals surface area (Å²) in [7, 11) is 1.51. The van der Waals surface area contributed by atoms with Crippen LogP contribution < -0.4 is 4.74 Å². The van der Waals surface area contributed by atoms with Gasteiger partial charge in [-0.1, -0.05) is 40.9 Å². The van der Waals surface area contributed by atoms with Crippen LogP contribution in [-0.4, -0.2) is 12.2 Å². The van der Waals surface area contributed by atoms with Crippen molar-refractivity contribution in [2.75, 3.05) is 7.11 Å². The average molecular weight is 332 g/mol. The van der Waals surface area contributed by atoms with Gasteiger partial charge in [0.2, 0.25) is 0 Å². The Hall–Kier alpha value is -0.930. The standard InChI is InChI=1S/C15H13Cl3O2/c1-8-3-9(5-10(16)4-8)15(19)11-6-13(18)14(20-2)7-12(11)17/h3-7,15,19H,1-2H3. The van der Waals surface area contributed by atoms with E-state index >= 15 is 0 Å². The first kappa shape index (κ1) is 15.5. The molecule has 0 fully saturated rings. The lowest BCUT2D eigenvalue weighted by Crippen LogP contribution is -2.02. The van der Waals surface area contributed by atoms with Gasteiger partial charge in [0.05, 0.1) is 17.2 Å². The monoisotopic (exact) mass is 330 g/mol. The molecule has 0 saturated carbocycles. The Morgan fingerprint density at radius 1 is 1.00 bits per heavy atom. The second-order valence-electron chi connectivity index (χ2n) is 4.47. The van der Waals surface area contributed by atoms with Crippen molar-refractivity contribution in [3.8, 4) is 5.75 Å². The molecule has 0 spiro atoms. The Kier molecular flexibility index (Phi) is 4.82. The van der Waals surface area contributed by atoms with Gasteiger partial charge in [0.15, 0.2) is 0 Å². The second-order valence-corrected chi connectivity index (χ2v) is 5.72. The van der Waals surface area contributed by atoms with Gasteiger partial charge >= 0.3 is 0 Å². The molecule has 1 atom stereocenters. The first-order chi connectivity index (χ1) is 9.42. The summed E-state index contributed by atoms with van der Waals surface area (Å²) in [4.78, 5) is 0. The molecule has 2 aromatic carbocycles. The molecule has 5 heteroatoms. The number of aliphatic hydroxyl groups excluding tert-OH is 1. The van der Waals surface area contributed by atoms with E-state index in [-0.39, 0.29) is 0 Å². The van der Waals surface area contributed by atoms with Crippen LogP contribution in [0, 0.1) is 6.92 Å². The van der Waals surface area contributed by atoms with Crippen LogP contribution in [0.15, 0.2) is 30.3 Å². The van der Waals surface area contributed by atoms with Crippen LogP contribution in [0.2, 0.25) is 15.1 Å². The maximum atomic E-state index is 10.5. The smallest absolute Gasteiger partial charge is 0.138 e. The van der Waals surface area contributed by atoms with Gasteiger partial charge in [0, 0.05) is 16.7 Å². The highest BCUT2D eigenvalue weighted by Gasteiger charge is 2.17. The van der Waals surface area contributed by atoms with Gasteiger partial charge in [-0.2, -0.15) is 0 Å². The summed E-state index contributed by atoms with van der Waals surface area (Å²) < 4.78 is 5.09. The van der Waals surface area contributed by atoms with Gasteiger partial charge in [-0.25, -0.2) is 0 Å². The molecular weight excluding hydrogens is 319 g/mol. The first-order valence-corrected chi connectivity index (χ1v) is 7.04. The normalized spacial score (nSPS) is 12.3. The first-order valence-electron chi connectivity index (χ1n) is 5.90. The number of halogens is 3. The molecule has 2 nitrogen and oxygen atoms in total. The van der Waals surface area contributed by atoms with E-state index < -0.39 is 6.10 Å². The van der Waals surface area contributed by atoms with Crippen LogP contribution in [0.25, 0.3) is 0 Å². The topological polar surface area (TPSA) is 29.5 Å². The van der Waals surface area contributed by atoms with Crippen molar-refractivity contribution in [3.05, 3.63) is 62.1 Å². The zero-order chi connectivity index (χ0) is 14.9. The van der Waals surface area contributed by atoms with E-state index in [0.717, 1.165) is 5.56 Å². The van der Waals surface area contributed by atoms with Crippen molar-refractivity contribution >= 4 is 34.8 Å². The SMILES string of the molecule is COc1cc(Cl)c(C(O)c2cc(C)cc(Cl)c2)cc1Cl. The molecule has 1 unspecified atom stereocenters. The Balaban J connectivity index is 2.47. The fourth-order valence-electron chi connectivity index (χ4n) is 2.01. The third-order valence-corrected chi connectivity index (χ3v) is 3.79. The van der Waals surface area contributed by atoms with Gasteiger partial charge in [-0.15, -0.1) is 0 Å². The minimum absolute atomic E-state index is 0.386. The number of ether oxygens (including phenoxy) is 1. The van der Waals surface area contributed by atoms with Crippen LogP contribution in [0.3, 0.4) is 0 Å². The summed E-state index contributed by atoms with van der Waals surface area (Å²) in [5, 5.41) is 11.8. The minimum atomic E-state index is -0.900. The van der Waals surface area contributed by atoms with Crippen molar-refractivity contribution in [3.63, 3.8) is 0 Å². The number of hydrogen-bond acceptors (Lipinski definition) is 2. The van der Waals surface area contributed by atoms with Crippen LogP contribution in [-0.2, 0) is 0 Å². The molecule has 0 heterocycles. The summed E-state index contributed by atoms with van der Waals surface area (Å²) in [5.41, 5.74) is 2.14. The fraction of sp³-hybridized carbons (Fsp3) is 0.200. The largest absolute Gasteiger partial charge is 0.495 e. The lowest BCUT2D eigenvalue weighted by atomic mass is 10.00. The predicted octanol–water partition coefficient (Wildman–Crippen LogP) is 5.05. The summed E-state index contributed by atoms with van der Waals surface area (Å²) in [6, 6.07) is 8.56. The van der Waals surface area contributed by atoms with E-state index in [1.807, 2.05) is 19.1 Å². The van der Waals surface area contributed by atoms with Crippen LogP contribution in [0.5, 0.6) is 5.75 Å². The van der Waals surface area contributed by atoms with Crippen molar-refractivity contribution in [2.24, 2.45) is 0 Å². The average Bonchev–Trinajstić information content (AvgIpc) is 2.39. The third-order valence-electron chi connectivity index (χ3n) is 2.95. The quantitative estimate of drug-likeness (QED) is 0.853. The molecule has 0 radical (unpaired) electrons. The molecule has 0 saturated heterocycles. The highest BCUT2D eigenvalue weighted by Crippen LogP contribution is 2.36. The summed E-state index contributed by atoms with van der Waals surface area (Å²) in [5.74, 6) is 0.467. The number of aliphatic hydroxyl groups is 1. The number of methoxy groups -OCH3 is 1.